The van der Waals surface area contributed by atoms with Crippen molar-refractivity contribution in [1.29, 1.82) is 0 Å². The summed E-state index contributed by atoms with van der Waals surface area (Å²) in [6, 6.07) is 3.27. The lowest BCUT2D eigenvalue weighted by Crippen LogP contribution is -2.12. The normalized spacial score (nSPS) is 12.9. The van der Waals surface area contributed by atoms with Gasteiger partial charge in [-0.15, -0.1) is 0 Å². The SMILES string of the molecule is Cc1cc(O)c([C@H](N)CCO)cc1I. The van der Waals surface area contributed by atoms with Crippen LogP contribution in [0.1, 0.15) is 23.6 Å². The molecule has 0 amide bonds. The summed E-state index contributed by atoms with van der Waals surface area (Å²) < 4.78 is 1.07. The molecule has 0 unspecified atom stereocenters. The molecule has 1 atom stereocenters. The van der Waals surface area contributed by atoms with E-state index in [2.05, 4.69) is 22.6 Å². The van der Waals surface area contributed by atoms with Gasteiger partial charge >= 0.3 is 0 Å². The monoisotopic (exact) mass is 307 g/mol. The number of benzene rings is 1. The first-order valence-corrected chi connectivity index (χ1v) is 5.49. The van der Waals surface area contributed by atoms with Gasteiger partial charge in [0, 0.05) is 21.8 Å². The van der Waals surface area contributed by atoms with E-state index < -0.39 is 0 Å². The molecule has 1 aromatic carbocycles. The topological polar surface area (TPSA) is 66.5 Å². The molecule has 0 saturated carbocycles. The number of hydrogen-bond acceptors (Lipinski definition) is 3. The molecule has 0 radical (unpaired) electrons. The van der Waals surface area contributed by atoms with Crippen molar-refractivity contribution in [2.75, 3.05) is 6.61 Å². The van der Waals surface area contributed by atoms with E-state index in [4.69, 9.17) is 10.8 Å². The van der Waals surface area contributed by atoms with Gasteiger partial charge in [-0.2, -0.15) is 0 Å². The molecule has 78 valence electrons. The van der Waals surface area contributed by atoms with Gasteiger partial charge in [-0.05, 0) is 53.6 Å². The summed E-state index contributed by atoms with van der Waals surface area (Å²) in [5, 5.41) is 18.4. The van der Waals surface area contributed by atoms with E-state index in [0.717, 1.165) is 9.13 Å². The summed E-state index contributed by atoms with van der Waals surface area (Å²) in [7, 11) is 0. The van der Waals surface area contributed by atoms with Crippen molar-refractivity contribution in [3.63, 3.8) is 0 Å². The summed E-state index contributed by atoms with van der Waals surface area (Å²) in [6.07, 6.45) is 0.465. The van der Waals surface area contributed by atoms with E-state index >= 15 is 0 Å². The van der Waals surface area contributed by atoms with Crippen molar-refractivity contribution >= 4 is 22.6 Å². The molecule has 3 nitrogen and oxygen atoms in total. The number of halogens is 1. The second-order valence-corrected chi connectivity index (χ2v) is 4.44. The number of nitrogens with two attached hydrogens (primary N) is 1. The molecule has 0 aliphatic heterocycles. The predicted octanol–water partition coefficient (Wildman–Crippen LogP) is 1.69. The third-order valence-corrected chi connectivity index (χ3v) is 3.31. The van der Waals surface area contributed by atoms with Crippen LogP contribution in [0.4, 0.5) is 0 Å². The molecule has 0 saturated heterocycles. The van der Waals surface area contributed by atoms with Crippen LogP contribution in [-0.2, 0) is 0 Å². The Morgan fingerprint density at radius 1 is 1.50 bits per heavy atom. The van der Waals surface area contributed by atoms with Crippen molar-refractivity contribution in [3.8, 4) is 5.75 Å². The minimum absolute atomic E-state index is 0.0328. The highest BCUT2D eigenvalue weighted by Gasteiger charge is 2.12. The Balaban J connectivity index is 3.02. The number of rotatable bonds is 3. The Morgan fingerprint density at radius 3 is 2.71 bits per heavy atom. The van der Waals surface area contributed by atoms with E-state index in [1.165, 1.54) is 0 Å². The summed E-state index contributed by atoms with van der Waals surface area (Å²) in [6.45, 7) is 1.97. The molecule has 1 rings (SSSR count). The highest BCUT2D eigenvalue weighted by Crippen LogP contribution is 2.28. The second-order valence-electron chi connectivity index (χ2n) is 3.28. The summed E-state index contributed by atoms with van der Waals surface area (Å²) >= 11 is 2.20. The molecule has 0 spiro atoms. The molecular weight excluding hydrogens is 293 g/mol. The molecule has 14 heavy (non-hydrogen) atoms. The zero-order valence-electron chi connectivity index (χ0n) is 8.00. The zero-order chi connectivity index (χ0) is 10.7. The van der Waals surface area contributed by atoms with Gasteiger partial charge < -0.3 is 15.9 Å². The van der Waals surface area contributed by atoms with Crippen molar-refractivity contribution in [1.82, 2.24) is 0 Å². The van der Waals surface area contributed by atoms with Gasteiger partial charge in [-0.1, -0.05) is 0 Å². The first-order chi connectivity index (χ1) is 6.56. The van der Waals surface area contributed by atoms with E-state index in [0.29, 0.717) is 12.0 Å². The maximum atomic E-state index is 9.65. The number of phenols is 1. The molecular formula is C10H14INO2. The van der Waals surface area contributed by atoms with Gasteiger partial charge in [0.25, 0.3) is 0 Å². The summed E-state index contributed by atoms with van der Waals surface area (Å²) in [5.41, 5.74) is 7.54. The summed E-state index contributed by atoms with van der Waals surface area (Å²) in [5.74, 6) is 0.212. The fourth-order valence-corrected chi connectivity index (χ4v) is 1.76. The first kappa shape index (κ1) is 11.7. The number of aliphatic hydroxyl groups is 1. The van der Waals surface area contributed by atoms with Crippen molar-refractivity contribution in [2.45, 2.75) is 19.4 Å². The molecule has 0 heterocycles. The van der Waals surface area contributed by atoms with Crippen LogP contribution >= 0.6 is 22.6 Å². The van der Waals surface area contributed by atoms with Crippen LogP contribution in [0, 0.1) is 10.5 Å². The Bertz CT molecular complexity index is 328. The van der Waals surface area contributed by atoms with Crippen LogP contribution in [0.3, 0.4) is 0 Å². The number of hydrogen-bond donors (Lipinski definition) is 3. The highest BCUT2D eigenvalue weighted by molar-refractivity contribution is 14.1. The standard InChI is InChI=1S/C10H14INO2/c1-6-4-10(14)7(5-8(6)11)9(12)2-3-13/h4-5,9,13-14H,2-3,12H2,1H3/t9-/m1/s1. The lowest BCUT2D eigenvalue weighted by Gasteiger charge is -2.13. The van der Waals surface area contributed by atoms with Gasteiger partial charge in [0.05, 0.1) is 0 Å². The first-order valence-electron chi connectivity index (χ1n) is 4.41. The Hall–Kier alpha value is -0.330. The maximum absolute atomic E-state index is 9.65. The third kappa shape index (κ3) is 2.59. The van der Waals surface area contributed by atoms with Crippen molar-refractivity contribution in [3.05, 3.63) is 26.8 Å². The van der Waals surface area contributed by atoms with Crippen LogP contribution in [0.2, 0.25) is 0 Å². The van der Waals surface area contributed by atoms with Gasteiger partial charge in [0.2, 0.25) is 0 Å². The molecule has 0 aliphatic rings. The van der Waals surface area contributed by atoms with Gasteiger partial charge in [-0.25, -0.2) is 0 Å². The van der Waals surface area contributed by atoms with E-state index in [1.807, 2.05) is 13.0 Å². The zero-order valence-corrected chi connectivity index (χ0v) is 10.2. The van der Waals surface area contributed by atoms with Crippen molar-refractivity contribution < 1.29 is 10.2 Å². The average molecular weight is 307 g/mol. The highest BCUT2D eigenvalue weighted by atomic mass is 127. The third-order valence-electron chi connectivity index (χ3n) is 2.15. The van der Waals surface area contributed by atoms with Crippen LogP contribution in [0.5, 0.6) is 5.75 Å². The number of aliphatic hydroxyl groups excluding tert-OH is 1. The Morgan fingerprint density at radius 2 is 2.14 bits per heavy atom. The quantitative estimate of drug-likeness (QED) is 0.745. The molecule has 4 heteroatoms. The van der Waals surface area contributed by atoms with Gasteiger partial charge in [-0.3, -0.25) is 0 Å². The van der Waals surface area contributed by atoms with Gasteiger partial charge in [0.1, 0.15) is 5.75 Å². The van der Waals surface area contributed by atoms with Gasteiger partial charge in [0.15, 0.2) is 0 Å². The lowest BCUT2D eigenvalue weighted by molar-refractivity contribution is 0.275. The molecule has 0 fully saturated rings. The average Bonchev–Trinajstić information content (AvgIpc) is 2.11. The minimum Gasteiger partial charge on any atom is -0.508 e. The molecule has 0 bridgehead atoms. The van der Waals surface area contributed by atoms with Crippen molar-refractivity contribution in [2.24, 2.45) is 5.73 Å². The minimum atomic E-state index is -0.297. The maximum Gasteiger partial charge on any atom is 0.120 e. The van der Waals surface area contributed by atoms with Crippen LogP contribution in [-0.4, -0.2) is 16.8 Å². The Kier molecular flexibility index (Phi) is 4.15. The number of aryl methyl sites for hydroxylation is 1. The number of aromatic hydroxyl groups is 1. The smallest absolute Gasteiger partial charge is 0.120 e. The van der Waals surface area contributed by atoms with Crippen LogP contribution in [0.25, 0.3) is 0 Å². The molecule has 1 aromatic rings. The molecule has 0 aromatic heterocycles. The number of phenolic OH excluding ortho intramolecular Hbond substituents is 1. The van der Waals surface area contributed by atoms with Crippen LogP contribution < -0.4 is 5.73 Å². The molecule has 0 aliphatic carbocycles. The fraction of sp³-hybridized carbons (Fsp3) is 0.400. The fourth-order valence-electron chi connectivity index (χ4n) is 1.27. The lowest BCUT2D eigenvalue weighted by atomic mass is 10.0. The van der Waals surface area contributed by atoms with E-state index in [-0.39, 0.29) is 18.4 Å². The largest absolute Gasteiger partial charge is 0.508 e. The molecule has 4 N–H and O–H groups in total. The predicted molar refractivity (Wildman–Crippen MR) is 64.2 cm³/mol. The van der Waals surface area contributed by atoms with E-state index in [1.54, 1.807) is 6.07 Å². The summed E-state index contributed by atoms with van der Waals surface area (Å²) in [4.78, 5) is 0. The van der Waals surface area contributed by atoms with Crippen LogP contribution in [0.15, 0.2) is 12.1 Å². The second kappa shape index (κ2) is 4.95. The van der Waals surface area contributed by atoms with E-state index in [9.17, 15) is 5.11 Å². The Labute approximate surface area is 97.1 Å².